The summed E-state index contributed by atoms with van der Waals surface area (Å²) in [5.74, 6) is 0.981. The first-order valence-corrected chi connectivity index (χ1v) is 9.87. The zero-order chi connectivity index (χ0) is 20.8. The molecule has 7 nitrogen and oxygen atoms in total. The second-order valence-electron chi connectivity index (χ2n) is 7.32. The number of rotatable bonds is 5. The summed E-state index contributed by atoms with van der Waals surface area (Å²) >= 11 is 5.84. The summed E-state index contributed by atoms with van der Waals surface area (Å²) in [4.78, 5) is 6.45. The van der Waals surface area contributed by atoms with Gasteiger partial charge in [0.15, 0.2) is 0 Å². The van der Waals surface area contributed by atoms with Crippen LogP contribution in [0.1, 0.15) is 36.0 Å². The van der Waals surface area contributed by atoms with Crippen LogP contribution >= 0.6 is 11.6 Å². The normalized spacial score (nSPS) is 20.9. The van der Waals surface area contributed by atoms with Gasteiger partial charge in [0.25, 0.3) is 0 Å². The van der Waals surface area contributed by atoms with Gasteiger partial charge in [0, 0.05) is 46.3 Å². The monoisotopic (exact) mass is 424 g/mol. The van der Waals surface area contributed by atoms with E-state index in [0.29, 0.717) is 28.8 Å². The molecule has 1 aromatic heterocycles. The van der Waals surface area contributed by atoms with Crippen LogP contribution in [0.2, 0.25) is 5.02 Å². The van der Waals surface area contributed by atoms with Crippen LogP contribution in [-0.4, -0.2) is 27.4 Å². The van der Waals surface area contributed by atoms with E-state index < -0.39 is 5.82 Å². The van der Waals surface area contributed by atoms with Gasteiger partial charge in [-0.3, -0.25) is 0 Å². The second-order valence-corrected chi connectivity index (χ2v) is 7.75. The predicted octanol–water partition coefficient (Wildman–Crippen LogP) is 3.74. The number of hydrogen-bond donors (Lipinski definition) is 3. The van der Waals surface area contributed by atoms with Gasteiger partial charge in [0.1, 0.15) is 17.7 Å². The lowest BCUT2D eigenvalue weighted by Crippen LogP contribution is -2.33. The molecule has 0 spiro atoms. The predicted molar refractivity (Wildman–Crippen MR) is 112 cm³/mol. The van der Waals surface area contributed by atoms with Crippen LogP contribution in [0.3, 0.4) is 0 Å². The summed E-state index contributed by atoms with van der Waals surface area (Å²) < 4.78 is 19.7. The van der Waals surface area contributed by atoms with Gasteiger partial charge >= 0.3 is 0 Å². The van der Waals surface area contributed by atoms with Crippen LogP contribution in [0.25, 0.3) is 11.4 Å². The van der Waals surface area contributed by atoms with Crippen molar-refractivity contribution in [2.45, 2.75) is 24.9 Å². The molecular formula is C21H18ClFN6O. The minimum atomic E-state index is -0.541. The summed E-state index contributed by atoms with van der Waals surface area (Å²) in [7, 11) is 0. The Morgan fingerprint density at radius 2 is 2.23 bits per heavy atom. The molecule has 1 atom stereocenters. The zero-order valence-corrected chi connectivity index (χ0v) is 16.5. The van der Waals surface area contributed by atoms with Crippen LogP contribution in [0.4, 0.5) is 4.39 Å². The minimum Gasteiger partial charge on any atom is -0.398 e. The number of fused-ring (bicyclic) bond motifs is 1. The Bertz CT molecular complexity index is 1160. The largest absolute Gasteiger partial charge is 0.398 e. The lowest BCUT2D eigenvalue weighted by molar-refractivity contribution is 0.374. The van der Waals surface area contributed by atoms with Gasteiger partial charge in [-0.25, -0.2) is 4.39 Å². The molecule has 2 aliphatic heterocycles. The van der Waals surface area contributed by atoms with Crippen LogP contribution in [0, 0.1) is 11.2 Å². The molecule has 1 aromatic carbocycles. The molecule has 5 rings (SSSR count). The third kappa shape index (κ3) is 3.19. The molecule has 3 aliphatic rings. The standard InChI is InChI=1S/C21H18ClFN6O/c22-13-4-5-14(16(23)7-13)19(25)15(8-24)12-3-6-18-26-9-17(29(18)10-12)20-27-21(30-28-20)11-1-2-11/h3-11,18,24,26H,1-2,25H2. The summed E-state index contributed by atoms with van der Waals surface area (Å²) in [6.07, 6.45) is 10.6. The van der Waals surface area contributed by atoms with E-state index in [0.717, 1.165) is 24.8 Å². The highest BCUT2D eigenvalue weighted by Gasteiger charge is 2.33. The lowest BCUT2D eigenvalue weighted by Gasteiger charge is -2.27. The van der Waals surface area contributed by atoms with Crippen LogP contribution in [-0.2, 0) is 0 Å². The van der Waals surface area contributed by atoms with E-state index in [-0.39, 0.29) is 22.4 Å². The first-order chi connectivity index (χ1) is 14.5. The molecule has 0 amide bonds. The van der Waals surface area contributed by atoms with Gasteiger partial charge in [0.05, 0.1) is 5.70 Å². The van der Waals surface area contributed by atoms with Crippen molar-refractivity contribution in [2.24, 2.45) is 5.73 Å². The molecule has 0 radical (unpaired) electrons. The highest BCUT2D eigenvalue weighted by molar-refractivity contribution is 6.30. The molecule has 3 heterocycles. The lowest BCUT2D eigenvalue weighted by atomic mass is 9.98. The van der Waals surface area contributed by atoms with E-state index in [1.165, 1.54) is 12.1 Å². The van der Waals surface area contributed by atoms with E-state index >= 15 is 0 Å². The number of allylic oxidation sites excluding steroid dienone is 3. The van der Waals surface area contributed by atoms with Crippen LogP contribution in [0.5, 0.6) is 0 Å². The van der Waals surface area contributed by atoms with E-state index in [4.69, 9.17) is 27.3 Å². The molecule has 1 saturated carbocycles. The van der Waals surface area contributed by atoms with Crippen molar-refractivity contribution in [2.75, 3.05) is 0 Å². The zero-order valence-electron chi connectivity index (χ0n) is 15.8. The van der Waals surface area contributed by atoms with Crippen molar-refractivity contribution < 1.29 is 8.91 Å². The summed E-state index contributed by atoms with van der Waals surface area (Å²) in [6, 6.07) is 4.27. The third-order valence-corrected chi connectivity index (χ3v) is 5.50. The number of nitrogens with zero attached hydrogens (tertiary/aromatic N) is 3. The molecule has 30 heavy (non-hydrogen) atoms. The number of benzene rings is 1. The molecule has 9 heteroatoms. The molecular weight excluding hydrogens is 407 g/mol. The van der Waals surface area contributed by atoms with Crippen molar-refractivity contribution >= 4 is 29.2 Å². The van der Waals surface area contributed by atoms with Gasteiger partial charge in [-0.15, -0.1) is 0 Å². The topological polar surface area (TPSA) is 104 Å². The molecule has 4 N–H and O–H groups in total. The maximum absolute atomic E-state index is 14.4. The summed E-state index contributed by atoms with van der Waals surface area (Å²) in [5, 5.41) is 15.5. The second kappa shape index (κ2) is 7.14. The number of nitrogens with one attached hydrogen (secondary N) is 2. The maximum Gasteiger partial charge on any atom is 0.230 e. The van der Waals surface area contributed by atoms with Crippen LogP contribution < -0.4 is 11.1 Å². The number of hydrogen-bond acceptors (Lipinski definition) is 7. The van der Waals surface area contributed by atoms with Crippen molar-refractivity contribution in [3.05, 3.63) is 82.0 Å². The number of aromatic nitrogens is 2. The summed E-state index contributed by atoms with van der Waals surface area (Å²) in [5.41, 5.74) is 8.39. The molecule has 1 unspecified atom stereocenters. The molecule has 152 valence electrons. The van der Waals surface area contributed by atoms with Crippen molar-refractivity contribution in [3.8, 4) is 0 Å². The van der Waals surface area contributed by atoms with E-state index in [9.17, 15) is 4.39 Å². The highest BCUT2D eigenvalue weighted by atomic mass is 35.5. The molecule has 2 aromatic rings. The van der Waals surface area contributed by atoms with E-state index in [1.807, 2.05) is 29.5 Å². The fourth-order valence-corrected chi connectivity index (χ4v) is 3.66. The molecule has 1 fully saturated rings. The van der Waals surface area contributed by atoms with Crippen LogP contribution in [0.15, 0.2) is 58.4 Å². The smallest absolute Gasteiger partial charge is 0.230 e. The van der Waals surface area contributed by atoms with E-state index in [1.54, 1.807) is 6.07 Å². The first-order valence-electron chi connectivity index (χ1n) is 9.49. The van der Waals surface area contributed by atoms with Gasteiger partial charge < -0.3 is 25.9 Å². The third-order valence-electron chi connectivity index (χ3n) is 5.27. The number of nitrogens with two attached hydrogens (primary N) is 1. The Morgan fingerprint density at radius 3 is 2.97 bits per heavy atom. The van der Waals surface area contributed by atoms with Gasteiger partial charge in [-0.1, -0.05) is 22.8 Å². The SMILES string of the molecule is N=CC(C1=CN2C(c3noc(C4CC4)n3)=CNC2C=C1)=C(N)c1ccc(Cl)cc1F. The first kappa shape index (κ1) is 18.6. The minimum absolute atomic E-state index is 0.118. The average molecular weight is 425 g/mol. The highest BCUT2D eigenvalue weighted by Crippen LogP contribution is 2.40. The number of halogens is 2. The van der Waals surface area contributed by atoms with Gasteiger partial charge in [-0.2, -0.15) is 4.98 Å². The van der Waals surface area contributed by atoms with Gasteiger partial charge in [0.2, 0.25) is 11.7 Å². The molecule has 1 aliphatic carbocycles. The Morgan fingerprint density at radius 1 is 1.40 bits per heavy atom. The fourth-order valence-electron chi connectivity index (χ4n) is 3.50. The van der Waals surface area contributed by atoms with Crippen molar-refractivity contribution in [1.82, 2.24) is 20.4 Å². The summed E-state index contributed by atoms with van der Waals surface area (Å²) in [6.45, 7) is 0. The Hall–Kier alpha value is -3.39. The van der Waals surface area contributed by atoms with Gasteiger partial charge in [-0.05, 0) is 37.1 Å². The molecule has 0 saturated heterocycles. The maximum atomic E-state index is 14.4. The van der Waals surface area contributed by atoms with Crippen molar-refractivity contribution in [3.63, 3.8) is 0 Å². The average Bonchev–Trinajstić information content (AvgIpc) is 3.31. The quantitative estimate of drug-likeness (QED) is 0.631. The fraction of sp³-hybridized carbons (Fsp3) is 0.190. The molecule has 0 bridgehead atoms. The Balaban J connectivity index is 1.50. The Labute approximate surface area is 176 Å². The van der Waals surface area contributed by atoms with E-state index in [2.05, 4.69) is 15.5 Å². The van der Waals surface area contributed by atoms with Crippen molar-refractivity contribution in [1.29, 1.82) is 5.41 Å². The Kier molecular flexibility index (Phi) is 4.43.